The number of carbonyl (C=O) groups is 1. The fourth-order valence-corrected chi connectivity index (χ4v) is 3.17. The number of amides is 1. The van der Waals surface area contributed by atoms with Crippen molar-refractivity contribution < 1.29 is 4.79 Å². The van der Waals surface area contributed by atoms with Gasteiger partial charge in [-0.2, -0.15) is 5.10 Å². The van der Waals surface area contributed by atoms with Crippen LogP contribution in [0.2, 0.25) is 0 Å². The van der Waals surface area contributed by atoms with Crippen molar-refractivity contribution in [3.8, 4) is 5.69 Å². The van der Waals surface area contributed by atoms with E-state index >= 15 is 0 Å². The van der Waals surface area contributed by atoms with E-state index in [4.69, 9.17) is 5.73 Å². The zero-order valence-corrected chi connectivity index (χ0v) is 14.9. The van der Waals surface area contributed by atoms with Gasteiger partial charge in [0.1, 0.15) is 12.7 Å². The number of nitrogens with zero attached hydrogens (tertiary/aromatic N) is 4. The van der Waals surface area contributed by atoms with Gasteiger partial charge >= 0.3 is 0 Å². The number of aryl methyl sites for hydroxylation is 1. The van der Waals surface area contributed by atoms with E-state index in [0.29, 0.717) is 5.92 Å². The number of piperidine rings is 1. The summed E-state index contributed by atoms with van der Waals surface area (Å²) in [5, 5.41) is 4.12. The third kappa shape index (κ3) is 3.76. The lowest BCUT2D eigenvalue weighted by molar-refractivity contribution is 0.0680. The first-order valence-corrected chi connectivity index (χ1v) is 8.07. The van der Waals surface area contributed by atoms with Crippen molar-refractivity contribution >= 4 is 18.3 Å². The van der Waals surface area contributed by atoms with Gasteiger partial charge in [0.15, 0.2) is 0 Å². The molecule has 1 fully saturated rings. The molecule has 0 bridgehead atoms. The molecule has 1 unspecified atom stereocenters. The van der Waals surface area contributed by atoms with Crippen molar-refractivity contribution in [2.45, 2.75) is 32.7 Å². The topological polar surface area (TPSA) is 77.0 Å². The second kappa shape index (κ2) is 7.77. The maximum Gasteiger partial charge on any atom is 0.254 e. The molecular weight excluding hydrogens is 326 g/mol. The average Bonchev–Trinajstić information content (AvgIpc) is 3.08. The first kappa shape index (κ1) is 18.4. The molecule has 2 heterocycles. The summed E-state index contributed by atoms with van der Waals surface area (Å²) in [5.74, 6) is 0.630. The lowest BCUT2D eigenvalue weighted by atomic mass is 9.90. The third-order valence-corrected chi connectivity index (χ3v) is 4.69. The second-order valence-corrected chi connectivity index (χ2v) is 6.33. The number of hydrogen-bond acceptors (Lipinski definition) is 4. The van der Waals surface area contributed by atoms with Crippen molar-refractivity contribution in [1.82, 2.24) is 19.7 Å². The van der Waals surface area contributed by atoms with Crippen LogP contribution in [0.4, 0.5) is 0 Å². The van der Waals surface area contributed by atoms with Crippen LogP contribution in [-0.4, -0.2) is 44.7 Å². The number of likely N-dealkylation sites (tertiary alicyclic amines) is 1. The predicted molar refractivity (Wildman–Crippen MR) is 95.6 cm³/mol. The molecule has 0 spiro atoms. The SMILES string of the molecule is Cc1cc(-n2cncn2)ccc1C(=O)N1CCC(C(C)N)CC1.Cl. The van der Waals surface area contributed by atoms with Gasteiger partial charge in [0.2, 0.25) is 0 Å². The Morgan fingerprint density at radius 1 is 1.33 bits per heavy atom. The van der Waals surface area contributed by atoms with Crippen molar-refractivity contribution in [3.05, 3.63) is 42.0 Å². The number of hydrogen-bond donors (Lipinski definition) is 1. The molecule has 6 nitrogen and oxygen atoms in total. The summed E-state index contributed by atoms with van der Waals surface area (Å²) < 4.78 is 1.69. The Labute approximate surface area is 148 Å². The molecule has 1 amide bonds. The van der Waals surface area contributed by atoms with E-state index in [1.54, 1.807) is 11.0 Å². The Hall–Kier alpha value is -1.92. The summed E-state index contributed by atoms with van der Waals surface area (Å²) in [6.07, 6.45) is 5.12. The molecule has 1 aromatic heterocycles. The van der Waals surface area contributed by atoms with Crippen LogP contribution in [0.1, 0.15) is 35.7 Å². The first-order valence-electron chi connectivity index (χ1n) is 8.07. The van der Waals surface area contributed by atoms with E-state index in [0.717, 1.165) is 42.7 Å². The molecule has 0 radical (unpaired) electrons. The maximum atomic E-state index is 12.8. The van der Waals surface area contributed by atoms with Crippen molar-refractivity contribution in [2.24, 2.45) is 11.7 Å². The molecular formula is C17H24ClN5O. The highest BCUT2D eigenvalue weighted by molar-refractivity contribution is 5.96. The summed E-state index contributed by atoms with van der Waals surface area (Å²) in [6.45, 7) is 5.59. The fourth-order valence-electron chi connectivity index (χ4n) is 3.17. The second-order valence-electron chi connectivity index (χ2n) is 6.33. The van der Waals surface area contributed by atoms with Gasteiger partial charge < -0.3 is 10.6 Å². The Kier molecular flexibility index (Phi) is 5.96. The Bertz CT molecular complexity index is 678. The lowest BCUT2D eigenvalue weighted by Crippen LogP contribution is -2.42. The number of carbonyl (C=O) groups excluding carboxylic acids is 1. The summed E-state index contributed by atoms with van der Waals surface area (Å²) in [6, 6.07) is 5.96. The van der Waals surface area contributed by atoms with Crippen LogP contribution in [0.25, 0.3) is 5.69 Å². The van der Waals surface area contributed by atoms with Gasteiger partial charge in [0.25, 0.3) is 5.91 Å². The summed E-state index contributed by atoms with van der Waals surface area (Å²) >= 11 is 0. The number of nitrogens with two attached hydrogens (primary N) is 1. The maximum absolute atomic E-state index is 12.8. The van der Waals surface area contributed by atoms with Gasteiger partial charge in [-0.3, -0.25) is 4.79 Å². The molecule has 24 heavy (non-hydrogen) atoms. The van der Waals surface area contributed by atoms with Gasteiger partial charge in [-0.15, -0.1) is 12.4 Å². The fraction of sp³-hybridized carbons (Fsp3) is 0.471. The molecule has 1 saturated heterocycles. The first-order chi connectivity index (χ1) is 11.1. The van der Waals surface area contributed by atoms with Crippen LogP contribution >= 0.6 is 12.4 Å². The van der Waals surface area contributed by atoms with Gasteiger partial charge in [-0.25, -0.2) is 9.67 Å². The molecule has 1 aromatic carbocycles. The van der Waals surface area contributed by atoms with Crippen LogP contribution in [-0.2, 0) is 0 Å². The Morgan fingerprint density at radius 2 is 2.04 bits per heavy atom. The van der Waals surface area contributed by atoms with Gasteiger partial charge in [-0.1, -0.05) is 0 Å². The number of aromatic nitrogens is 3. The molecule has 2 N–H and O–H groups in total. The standard InChI is InChI=1S/C17H23N5O.ClH/c1-12-9-15(22-11-19-10-20-22)3-4-16(12)17(23)21-7-5-14(6-8-21)13(2)18;/h3-4,9-11,13-14H,5-8,18H2,1-2H3;1H. The molecule has 1 aliphatic rings. The Balaban J connectivity index is 0.00000208. The van der Waals surface area contributed by atoms with E-state index in [-0.39, 0.29) is 24.4 Å². The molecule has 0 aliphatic carbocycles. The zero-order chi connectivity index (χ0) is 16.4. The van der Waals surface area contributed by atoms with Crippen LogP contribution in [0.5, 0.6) is 0 Å². The van der Waals surface area contributed by atoms with Gasteiger partial charge in [-0.05, 0) is 56.4 Å². The van der Waals surface area contributed by atoms with Crippen molar-refractivity contribution in [1.29, 1.82) is 0 Å². The number of rotatable bonds is 3. The predicted octanol–water partition coefficient (Wildman–Crippen LogP) is 2.20. The highest BCUT2D eigenvalue weighted by Gasteiger charge is 2.26. The number of halogens is 1. The quantitative estimate of drug-likeness (QED) is 0.921. The van der Waals surface area contributed by atoms with Crippen LogP contribution < -0.4 is 5.73 Å². The minimum absolute atomic E-state index is 0. The average molecular weight is 350 g/mol. The summed E-state index contributed by atoms with van der Waals surface area (Å²) in [5.41, 5.74) is 8.59. The minimum atomic E-state index is 0. The highest BCUT2D eigenvalue weighted by Crippen LogP contribution is 2.22. The van der Waals surface area contributed by atoms with E-state index in [9.17, 15) is 4.79 Å². The van der Waals surface area contributed by atoms with Crippen molar-refractivity contribution in [3.63, 3.8) is 0 Å². The van der Waals surface area contributed by atoms with Crippen LogP contribution in [0.3, 0.4) is 0 Å². The largest absolute Gasteiger partial charge is 0.339 e. The Morgan fingerprint density at radius 3 is 2.58 bits per heavy atom. The monoisotopic (exact) mass is 349 g/mol. The summed E-state index contributed by atoms with van der Waals surface area (Å²) in [7, 11) is 0. The van der Waals surface area contributed by atoms with Gasteiger partial charge in [0.05, 0.1) is 5.69 Å². The highest BCUT2D eigenvalue weighted by atomic mass is 35.5. The van der Waals surface area contributed by atoms with E-state index in [2.05, 4.69) is 17.0 Å². The lowest BCUT2D eigenvalue weighted by Gasteiger charge is -2.34. The van der Waals surface area contributed by atoms with Crippen LogP contribution in [0, 0.1) is 12.8 Å². The zero-order valence-electron chi connectivity index (χ0n) is 14.1. The van der Waals surface area contributed by atoms with E-state index < -0.39 is 0 Å². The molecule has 1 aliphatic heterocycles. The summed E-state index contributed by atoms with van der Waals surface area (Å²) in [4.78, 5) is 18.6. The molecule has 2 aromatic rings. The van der Waals surface area contributed by atoms with E-state index in [1.165, 1.54) is 6.33 Å². The van der Waals surface area contributed by atoms with Crippen molar-refractivity contribution in [2.75, 3.05) is 13.1 Å². The molecule has 3 rings (SSSR count). The smallest absolute Gasteiger partial charge is 0.254 e. The normalized spacial score (nSPS) is 16.5. The molecule has 1 atom stereocenters. The van der Waals surface area contributed by atoms with Crippen LogP contribution in [0.15, 0.2) is 30.9 Å². The number of benzene rings is 1. The molecule has 0 saturated carbocycles. The third-order valence-electron chi connectivity index (χ3n) is 4.69. The van der Waals surface area contributed by atoms with Gasteiger partial charge in [0, 0.05) is 24.7 Å². The minimum Gasteiger partial charge on any atom is -0.339 e. The molecule has 130 valence electrons. The van der Waals surface area contributed by atoms with E-state index in [1.807, 2.05) is 30.0 Å². The molecule has 7 heteroatoms.